The van der Waals surface area contributed by atoms with Gasteiger partial charge in [0.25, 0.3) is 0 Å². The summed E-state index contributed by atoms with van der Waals surface area (Å²) >= 11 is 6.23. The summed E-state index contributed by atoms with van der Waals surface area (Å²) in [6, 6.07) is 0. The molecule has 0 aromatic carbocycles. The van der Waals surface area contributed by atoms with Crippen LogP contribution < -0.4 is 0 Å². The summed E-state index contributed by atoms with van der Waals surface area (Å²) in [5, 5.41) is 0. The predicted molar refractivity (Wildman–Crippen MR) is 94.1 cm³/mol. The first kappa shape index (κ1) is 19.5. The second-order valence-corrected chi connectivity index (χ2v) is 8.52. The molecule has 0 nitrogen and oxygen atoms in total. The number of halogens is 1. The van der Waals surface area contributed by atoms with Crippen LogP contribution in [0.2, 0.25) is 5.54 Å². The molecule has 0 aliphatic rings. The maximum Gasteiger partial charge on any atom is 0.128 e. The van der Waals surface area contributed by atoms with Gasteiger partial charge in [-0.05, 0) is 5.54 Å². The maximum atomic E-state index is 6.23. The summed E-state index contributed by atoms with van der Waals surface area (Å²) in [7, 11) is -0.288. The highest BCUT2D eigenvalue weighted by Crippen LogP contribution is 2.23. The summed E-state index contributed by atoms with van der Waals surface area (Å²) < 4.78 is 0. The quantitative estimate of drug-likeness (QED) is 0.182. The molecule has 0 atom stereocenters. The fourth-order valence-corrected chi connectivity index (χ4v) is 4.54. The normalized spacial score (nSPS) is 12.0. The zero-order valence-corrected chi connectivity index (χ0v) is 15.7. The summed E-state index contributed by atoms with van der Waals surface area (Å²) in [6.45, 7) is 4.57. The Morgan fingerprint density at radius 1 is 0.632 bits per heavy atom. The molecule has 0 bridgehead atoms. The second-order valence-electron chi connectivity index (χ2n) is 6.13. The Hall–Kier alpha value is 0.507. The lowest BCUT2D eigenvalue weighted by atomic mass is 10.0. The standard InChI is InChI=1S/C17H37ClSi/c1-3-5-7-9-11-13-15-17(19-18)16-14-12-10-8-6-4-2/h17H,3-16,19H2,1-2H3. The largest absolute Gasteiger partial charge is 0.176 e. The lowest BCUT2D eigenvalue weighted by molar-refractivity contribution is 0.533. The van der Waals surface area contributed by atoms with Crippen LogP contribution in [0.4, 0.5) is 0 Å². The molecular weight excluding hydrogens is 268 g/mol. The van der Waals surface area contributed by atoms with E-state index in [1.165, 1.54) is 89.9 Å². The first-order chi connectivity index (χ1) is 9.35. The van der Waals surface area contributed by atoms with Crippen LogP contribution >= 0.6 is 11.1 Å². The molecule has 0 saturated carbocycles. The van der Waals surface area contributed by atoms with E-state index in [-0.39, 0.29) is 8.83 Å². The van der Waals surface area contributed by atoms with Crippen LogP contribution in [0.5, 0.6) is 0 Å². The summed E-state index contributed by atoms with van der Waals surface area (Å²) in [6.07, 6.45) is 19.9. The lowest BCUT2D eigenvalue weighted by Gasteiger charge is -2.13. The van der Waals surface area contributed by atoms with Crippen molar-refractivity contribution in [3.05, 3.63) is 0 Å². The van der Waals surface area contributed by atoms with Gasteiger partial charge in [0.15, 0.2) is 0 Å². The molecule has 0 saturated heterocycles. The van der Waals surface area contributed by atoms with Gasteiger partial charge in [0, 0.05) is 0 Å². The van der Waals surface area contributed by atoms with E-state index < -0.39 is 0 Å². The van der Waals surface area contributed by atoms with Crippen molar-refractivity contribution in [2.24, 2.45) is 0 Å². The SMILES string of the molecule is CCCCCCCCC(CCCCCCCC)[SiH2]Cl. The molecule has 0 aliphatic carbocycles. The molecule has 0 aromatic heterocycles. The third-order valence-electron chi connectivity index (χ3n) is 4.15. The molecular formula is C17H37ClSi. The number of unbranched alkanes of at least 4 members (excludes halogenated alkanes) is 10. The first-order valence-electron chi connectivity index (χ1n) is 8.91. The molecule has 116 valence electrons. The molecule has 0 heterocycles. The first-order valence-corrected chi connectivity index (χ1v) is 11.9. The van der Waals surface area contributed by atoms with Crippen LogP contribution in [0.15, 0.2) is 0 Å². The maximum absolute atomic E-state index is 6.23. The van der Waals surface area contributed by atoms with E-state index in [2.05, 4.69) is 13.8 Å². The fourth-order valence-electron chi connectivity index (χ4n) is 2.73. The minimum absolute atomic E-state index is 0.288. The highest BCUT2D eigenvalue weighted by molar-refractivity contribution is 6.94. The van der Waals surface area contributed by atoms with Gasteiger partial charge in [-0.2, -0.15) is 11.1 Å². The Labute approximate surface area is 129 Å². The summed E-state index contributed by atoms with van der Waals surface area (Å²) in [4.78, 5) is 0. The molecule has 0 radical (unpaired) electrons. The van der Waals surface area contributed by atoms with E-state index in [4.69, 9.17) is 11.1 Å². The van der Waals surface area contributed by atoms with E-state index >= 15 is 0 Å². The van der Waals surface area contributed by atoms with Crippen LogP contribution in [0.25, 0.3) is 0 Å². The van der Waals surface area contributed by atoms with Gasteiger partial charge < -0.3 is 0 Å². The van der Waals surface area contributed by atoms with Gasteiger partial charge in [-0.1, -0.05) is 104 Å². The minimum atomic E-state index is -0.288. The van der Waals surface area contributed by atoms with Crippen molar-refractivity contribution in [3.8, 4) is 0 Å². The van der Waals surface area contributed by atoms with E-state index in [1.807, 2.05) is 0 Å². The molecule has 0 spiro atoms. The van der Waals surface area contributed by atoms with Crippen LogP contribution in [0.3, 0.4) is 0 Å². The van der Waals surface area contributed by atoms with Crippen molar-refractivity contribution >= 4 is 19.9 Å². The summed E-state index contributed by atoms with van der Waals surface area (Å²) in [5.74, 6) is 0. The van der Waals surface area contributed by atoms with Crippen LogP contribution in [0.1, 0.15) is 104 Å². The molecule has 0 amide bonds. The van der Waals surface area contributed by atoms with Crippen molar-refractivity contribution in [3.63, 3.8) is 0 Å². The number of rotatable bonds is 15. The lowest BCUT2D eigenvalue weighted by Crippen LogP contribution is -1.99. The highest BCUT2D eigenvalue weighted by Gasteiger charge is 2.07. The Balaban J connectivity index is 3.30. The van der Waals surface area contributed by atoms with Crippen molar-refractivity contribution in [2.45, 2.75) is 109 Å². The van der Waals surface area contributed by atoms with Gasteiger partial charge in [0.1, 0.15) is 8.83 Å². The van der Waals surface area contributed by atoms with E-state index in [0.29, 0.717) is 0 Å². The third-order valence-corrected chi connectivity index (χ3v) is 6.71. The van der Waals surface area contributed by atoms with E-state index in [0.717, 1.165) is 5.54 Å². The van der Waals surface area contributed by atoms with Gasteiger partial charge in [0.2, 0.25) is 0 Å². The van der Waals surface area contributed by atoms with Gasteiger partial charge in [-0.15, -0.1) is 0 Å². The highest BCUT2D eigenvalue weighted by atomic mass is 35.6. The van der Waals surface area contributed by atoms with Gasteiger partial charge in [0.05, 0.1) is 0 Å². The van der Waals surface area contributed by atoms with Crippen LogP contribution in [-0.4, -0.2) is 8.83 Å². The predicted octanol–water partition coefficient (Wildman–Crippen LogP) is 6.60. The molecule has 0 rings (SSSR count). The summed E-state index contributed by atoms with van der Waals surface area (Å²) in [5.41, 5.74) is 0.930. The van der Waals surface area contributed by atoms with Gasteiger partial charge >= 0.3 is 0 Å². The van der Waals surface area contributed by atoms with Crippen molar-refractivity contribution < 1.29 is 0 Å². The van der Waals surface area contributed by atoms with Crippen LogP contribution in [0, 0.1) is 0 Å². The van der Waals surface area contributed by atoms with E-state index in [9.17, 15) is 0 Å². The Bertz CT molecular complexity index is 145. The molecule has 0 unspecified atom stereocenters. The van der Waals surface area contributed by atoms with Crippen molar-refractivity contribution in [2.75, 3.05) is 0 Å². The zero-order valence-electron chi connectivity index (χ0n) is 13.6. The topological polar surface area (TPSA) is 0 Å². The Kier molecular flexibility index (Phi) is 17.0. The van der Waals surface area contributed by atoms with Crippen molar-refractivity contribution in [1.29, 1.82) is 0 Å². The van der Waals surface area contributed by atoms with E-state index in [1.54, 1.807) is 0 Å². The monoisotopic (exact) mass is 304 g/mol. The molecule has 0 fully saturated rings. The van der Waals surface area contributed by atoms with Gasteiger partial charge in [-0.3, -0.25) is 0 Å². The molecule has 0 N–H and O–H groups in total. The Morgan fingerprint density at radius 3 is 1.37 bits per heavy atom. The van der Waals surface area contributed by atoms with Crippen molar-refractivity contribution in [1.82, 2.24) is 0 Å². The average Bonchev–Trinajstić information content (AvgIpc) is 2.44. The number of hydrogen-bond acceptors (Lipinski definition) is 0. The minimum Gasteiger partial charge on any atom is -0.176 e. The molecule has 0 aliphatic heterocycles. The van der Waals surface area contributed by atoms with Gasteiger partial charge in [-0.25, -0.2) is 0 Å². The third kappa shape index (κ3) is 14.7. The molecule has 0 aromatic rings. The second kappa shape index (κ2) is 16.6. The molecule has 19 heavy (non-hydrogen) atoms. The zero-order chi connectivity index (χ0) is 14.2. The average molecular weight is 305 g/mol. The number of hydrogen-bond donors (Lipinski definition) is 0. The molecule has 2 heteroatoms. The smallest absolute Gasteiger partial charge is 0.128 e. The fraction of sp³-hybridized carbons (Fsp3) is 1.00. The van der Waals surface area contributed by atoms with Crippen LogP contribution in [-0.2, 0) is 0 Å². The Morgan fingerprint density at radius 2 is 1.00 bits per heavy atom.